The van der Waals surface area contributed by atoms with Crippen LogP contribution in [0, 0.1) is 12.7 Å². The second-order valence-electron chi connectivity index (χ2n) is 8.44. The van der Waals surface area contributed by atoms with Gasteiger partial charge in [-0.15, -0.1) is 0 Å². The standard InChI is InChI=1S/C25H33ClFN3O4S/c1-5-15-28-25(32)19(3)29(17-20-11-13-21(27)14-12-20)24(31)10-7-16-30(35(4,33)34)23-9-6-8-22(26)18(23)2/h6,8-9,11-14,19H,5,7,10,15-17H2,1-4H3,(H,28,32)/t19-/m0/s1. The molecular weight excluding hydrogens is 493 g/mol. The largest absolute Gasteiger partial charge is 0.354 e. The molecule has 7 nitrogen and oxygen atoms in total. The summed E-state index contributed by atoms with van der Waals surface area (Å²) in [5.74, 6) is -0.975. The number of carbonyl (C=O) groups is 2. The molecule has 35 heavy (non-hydrogen) atoms. The van der Waals surface area contributed by atoms with Crippen molar-refractivity contribution in [1.82, 2.24) is 10.2 Å². The first kappa shape index (κ1) is 28.6. The summed E-state index contributed by atoms with van der Waals surface area (Å²) >= 11 is 6.18. The number of anilines is 1. The SMILES string of the molecule is CCCNC(=O)[C@H](C)N(Cc1ccc(F)cc1)C(=O)CCCN(c1cccc(Cl)c1C)S(C)(=O)=O. The molecule has 0 fully saturated rings. The van der Waals surface area contributed by atoms with Crippen molar-refractivity contribution in [3.8, 4) is 0 Å². The Bertz CT molecular complexity index is 1130. The molecule has 0 aromatic heterocycles. The van der Waals surface area contributed by atoms with Crippen molar-refractivity contribution in [2.75, 3.05) is 23.7 Å². The molecule has 0 saturated carbocycles. The van der Waals surface area contributed by atoms with Crippen LogP contribution < -0.4 is 9.62 Å². The first-order valence-electron chi connectivity index (χ1n) is 11.5. The van der Waals surface area contributed by atoms with Gasteiger partial charge in [0, 0.05) is 31.1 Å². The highest BCUT2D eigenvalue weighted by molar-refractivity contribution is 7.92. The predicted octanol–water partition coefficient (Wildman–Crippen LogP) is 4.28. The third kappa shape index (κ3) is 8.21. The zero-order valence-electron chi connectivity index (χ0n) is 20.6. The van der Waals surface area contributed by atoms with Crippen LogP contribution in [-0.2, 0) is 26.2 Å². The van der Waals surface area contributed by atoms with Crippen LogP contribution in [-0.4, -0.2) is 50.5 Å². The van der Waals surface area contributed by atoms with Gasteiger partial charge in [-0.3, -0.25) is 13.9 Å². The van der Waals surface area contributed by atoms with Crippen molar-refractivity contribution in [3.05, 3.63) is 64.4 Å². The Morgan fingerprint density at radius 3 is 2.40 bits per heavy atom. The molecule has 2 amide bonds. The fraction of sp³-hybridized carbons (Fsp3) is 0.440. The van der Waals surface area contributed by atoms with E-state index in [2.05, 4.69) is 5.32 Å². The fourth-order valence-corrected chi connectivity index (χ4v) is 4.80. The Hall–Kier alpha value is -2.65. The van der Waals surface area contributed by atoms with Gasteiger partial charge >= 0.3 is 0 Å². The van der Waals surface area contributed by atoms with Crippen molar-refractivity contribution in [1.29, 1.82) is 0 Å². The highest BCUT2D eigenvalue weighted by atomic mass is 35.5. The predicted molar refractivity (Wildman–Crippen MR) is 137 cm³/mol. The van der Waals surface area contributed by atoms with Gasteiger partial charge in [-0.1, -0.05) is 36.7 Å². The average molecular weight is 526 g/mol. The van der Waals surface area contributed by atoms with E-state index in [4.69, 9.17) is 11.6 Å². The highest BCUT2D eigenvalue weighted by Gasteiger charge is 2.27. The third-order valence-electron chi connectivity index (χ3n) is 5.64. The molecule has 0 aliphatic carbocycles. The van der Waals surface area contributed by atoms with Crippen molar-refractivity contribution >= 4 is 39.1 Å². The van der Waals surface area contributed by atoms with Gasteiger partial charge in [-0.25, -0.2) is 12.8 Å². The van der Waals surface area contributed by atoms with Crippen molar-refractivity contribution in [2.24, 2.45) is 0 Å². The molecule has 192 valence electrons. The monoisotopic (exact) mass is 525 g/mol. The molecule has 0 unspecified atom stereocenters. The lowest BCUT2D eigenvalue weighted by atomic mass is 10.1. The molecule has 0 aliphatic rings. The smallest absolute Gasteiger partial charge is 0.242 e. The van der Waals surface area contributed by atoms with Crippen LogP contribution in [0.3, 0.4) is 0 Å². The second-order valence-corrected chi connectivity index (χ2v) is 10.8. The molecule has 2 aromatic rings. The summed E-state index contributed by atoms with van der Waals surface area (Å²) in [5.41, 5.74) is 1.77. The molecule has 0 radical (unpaired) electrons. The van der Waals surface area contributed by atoms with E-state index in [0.717, 1.165) is 12.7 Å². The van der Waals surface area contributed by atoms with Gasteiger partial charge in [-0.05, 0) is 62.1 Å². The van der Waals surface area contributed by atoms with E-state index < -0.39 is 21.9 Å². The normalized spacial score (nSPS) is 12.2. The van der Waals surface area contributed by atoms with Crippen LogP contribution in [0.1, 0.15) is 44.2 Å². The van der Waals surface area contributed by atoms with Crippen LogP contribution in [0.15, 0.2) is 42.5 Å². The van der Waals surface area contributed by atoms with Gasteiger partial charge in [0.25, 0.3) is 0 Å². The van der Waals surface area contributed by atoms with Crippen LogP contribution >= 0.6 is 11.6 Å². The number of sulfonamides is 1. The van der Waals surface area contributed by atoms with E-state index in [0.29, 0.717) is 28.4 Å². The maximum absolute atomic E-state index is 13.3. The summed E-state index contributed by atoms with van der Waals surface area (Å²) in [5, 5.41) is 3.25. The van der Waals surface area contributed by atoms with Crippen LogP contribution in [0.2, 0.25) is 5.02 Å². The number of nitrogens with one attached hydrogen (secondary N) is 1. The topological polar surface area (TPSA) is 86.8 Å². The summed E-state index contributed by atoms with van der Waals surface area (Å²) in [6.07, 6.45) is 2.13. The zero-order chi connectivity index (χ0) is 26.2. The minimum absolute atomic E-state index is 0.0260. The molecular formula is C25H33ClFN3O4S. The lowest BCUT2D eigenvalue weighted by molar-refractivity contribution is -0.140. The number of carbonyl (C=O) groups excluding carboxylic acids is 2. The van der Waals surface area contributed by atoms with Gasteiger partial charge in [0.1, 0.15) is 11.9 Å². The van der Waals surface area contributed by atoms with Gasteiger partial charge in [0.05, 0.1) is 11.9 Å². The van der Waals surface area contributed by atoms with Gasteiger partial charge < -0.3 is 10.2 Å². The maximum atomic E-state index is 13.3. The Morgan fingerprint density at radius 1 is 1.14 bits per heavy atom. The zero-order valence-corrected chi connectivity index (χ0v) is 22.1. The highest BCUT2D eigenvalue weighted by Crippen LogP contribution is 2.28. The van der Waals surface area contributed by atoms with E-state index in [-0.39, 0.29) is 37.7 Å². The summed E-state index contributed by atoms with van der Waals surface area (Å²) in [6.45, 7) is 6.01. The third-order valence-corrected chi connectivity index (χ3v) is 7.23. The van der Waals surface area contributed by atoms with Crippen LogP contribution in [0.5, 0.6) is 0 Å². The Morgan fingerprint density at radius 2 is 1.80 bits per heavy atom. The summed E-state index contributed by atoms with van der Waals surface area (Å²) in [7, 11) is -3.62. The van der Waals surface area contributed by atoms with Crippen molar-refractivity contribution in [3.63, 3.8) is 0 Å². The number of nitrogens with zero attached hydrogens (tertiary/aromatic N) is 2. The molecule has 10 heteroatoms. The molecule has 1 N–H and O–H groups in total. The van der Waals surface area contributed by atoms with Crippen molar-refractivity contribution < 1.29 is 22.4 Å². The molecule has 0 spiro atoms. The Kier molecular flexibility index (Phi) is 10.5. The first-order chi connectivity index (χ1) is 16.5. The minimum Gasteiger partial charge on any atom is -0.354 e. The maximum Gasteiger partial charge on any atom is 0.242 e. The number of benzene rings is 2. The molecule has 0 saturated heterocycles. The van der Waals surface area contributed by atoms with E-state index in [1.165, 1.54) is 21.3 Å². The van der Waals surface area contributed by atoms with Gasteiger partial charge in [0.15, 0.2) is 0 Å². The van der Waals surface area contributed by atoms with E-state index in [9.17, 15) is 22.4 Å². The van der Waals surface area contributed by atoms with Crippen molar-refractivity contribution in [2.45, 2.75) is 52.6 Å². The van der Waals surface area contributed by atoms with Crippen LogP contribution in [0.25, 0.3) is 0 Å². The lowest BCUT2D eigenvalue weighted by Crippen LogP contribution is -2.47. The average Bonchev–Trinajstić information content (AvgIpc) is 2.80. The van der Waals surface area contributed by atoms with E-state index >= 15 is 0 Å². The second kappa shape index (κ2) is 12.9. The Balaban J connectivity index is 2.18. The molecule has 0 heterocycles. The summed E-state index contributed by atoms with van der Waals surface area (Å²) < 4.78 is 39.5. The number of hydrogen-bond acceptors (Lipinski definition) is 4. The molecule has 1 atom stereocenters. The molecule has 2 rings (SSSR count). The lowest BCUT2D eigenvalue weighted by Gasteiger charge is -2.29. The summed E-state index contributed by atoms with van der Waals surface area (Å²) in [4.78, 5) is 27.2. The van der Waals surface area contributed by atoms with E-state index in [1.54, 1.807) is 44.2 Å². The molecule has 2 aromatic carbocycles. The quantitative estimate of drug-likeness (QED) is 0.448. The summed E-state index contributed by atoms with van der Waals surface area (Å²) in [6, 6.07) is 10.0. The molecule has 0 bridgehead atoms. The number of amides is 2. The van der Waals surface area contributed by atoms with E-state index in [1.807, 2.05) is 6.92 Å². The van der Waals surface area contributed by atoms with Gasteiger partial charge in [-0.2, -0.15) is 0 Å². The van der Waals surface area contributed by atoms with Gasteiger partial charge in [0.2, 0.25) is 21.8 Å². The fourth-order valence-electron chi connectivity index (χ4n) is 3.61. The van der Waals surface area contributed by atoms with Crippen LogP contribution in [0.4, 0.5) is 10.1 Å². The number of halogens is 2. The first-order valence-corrected chi connectivity index (χ1v) is 13.7. The number of rotatable bonds is 12. The molecule has 0 aliphatic heterocycles. The minimum atomic E-state index is -3.62. The number of hydrogen-bond donors (Lipinski definition) is 1. The Labute approximate surface area is 212 Å².